The predicted molar refractivity (Wildman–Crippen MR) is 71.5 cm³/mol. The maximum absolute atomic E-state index is 11.6. The lowest BCUT2D eigenvalue weighted by Crippen LogP contribution is -2.05. The van der Waals surface area contributed by atoms with E-state index in [1.807, 2.05) is 43.3 Å². The van der Waals surface area contributed by atoms with Crippen LogP contribution in [0.1, 0.15) is 13.8 Å². The highest BCUT2D eigenvalue weighted by Gasteiger charge is 2.12. The summed E-state index contributed by atoms with van der Waals surface area (Å²) >= 11 is 1.14. The molecule has 0 amide bonds. The van der Waals surface area contributed by atoms with Crippen molar-refractivity contribution in [3.8, 4) is 6.07 Å². The average molecular weight is 246 g/mol. The topological polar surface area (TPSA) is 52.9 Å². The molecule has 0 atom stereocenters. The first-order valence-corrected chi connectivity index (χ1v) is 6.27. The predicted octanol–water partition coefficient (Wildman–Crippen LogP) is 3.18. The number of nitriles is 1. The van der Waals surface area contributed by atoms with Gasteiger partial charge in [0.05, 0.1) is 0 Å². The normalized spacial score (nSPS) is 11.4. The lowest BCUT2D eigenvalue weighted by Gasteiger charge is -2.08. The van der Waals surface area contributed by atoms with Crippen molar-refractivity contribution in [3.05, 3.63) is 41.6 Å². The molecule has 1 N–H and O–H groups in total. The third kappa shape index (κ3) is 3.97. The Morgan fingerprint density at radius 2 is 2.06 bits per heavy atom. The molecule has 1 aromatic carbocycles. The second-order valence-electron chi connectivity index (χ2n) is 3.32. The Morgan fingerprint density at radius 1 is 1.41 bits per heavy atom. The van der Waals surface area contributed by atoms with E-state index in [2.05, 4.69) is 5.32 Å². The Labute approximate surface area is 106 Å². The van der Waals surface area contributed by atoms with E-state index in [-0.39, 0.29) is 10.7 Å². The zero-order chi connectivity index (χ0) is 12.7. The van der Waals surface area contributed by atoms with Crippen LogP contribution in [0.2, 0.25) is 0 Å². The van der Waals surface area contributed by atoms with Crippen LogP contribution in [0.5, 0.6) is 0 Å². The molecule has 88 valence electrons. The quantitative estimate of drug-likeness (QED) is 0.655. The number of hydrogen-bond acceptors (Lipinski definition) is 4. The Kier molecular flexibility index (Phi) is 5.31. The maximum Gasteiger partial charge on any atom is 0.231 e. The van der Waals surface area contributed by atoms with Gasteiger partial charge in [0.1, 0.15) is 11.6 Å². The molecule has 0 heterocycles. The molecule has 0 fully saturated rings. The number of nitrogens with zero attached hydrogens (tertiary/aromatic N) is 1. The van der Waals surface area contributed by atoms with Gasteiger partial charge in [0, 0.05) is 11.4 Å². The fourth-order valence-corrected chi connectivity index (χ4v) is 1.89. The molecule has 1 rings (SSSR count). The molecule has 0 unspecified atom stereocenters. The number of carbonyl (C=O) groups is 1. The largest absolute Gasteiger partial charge is 0.358 e. The third-order valence-corrected chi connectivity index (χ3v) is 2.83. The number of hydrogen-bond donors (Lipinski definition) is 1. The molecule has 0 aromatic heterocycles. The summed E-state index contributed by atoms with van der Waals surface area (Å²) in [5.41, 5.74) is 1.64. The van der Waals surface area contributed by atoms with Gasteiger partial charge in [-0.2, -0.15) is 5.26 Å². The summed E-state index contributed by atoms with van der Waals surface area (Å²) in [6.45, 7) is 3.62. The molecule has 0 spiro atoms. The molecule has 3 nitrogen and oxygen atoms in total. The molecule has 0 saturated carbocycles. The fourth-order valence-electron chi connectivity index (χ4n) is 1.29. The summed E-state index contributed by atoms with van der Waals surface area (Å²) in [5, 5.41) is 11.9. The highest BCUT2D eigenvalue weighted by atomic mass is 32.2. The van der Waals surface area contributed by atoms with Gasteiger partial charge in [-0.3, -0.25) is 4.79 Å². The maximum atomic E-state index is 11.6. The average Bonchev–Trinajstić information content (AvgIpc) is 2.31. The number of nitrogens with one attached hydrogen (secondary N) is 1. The Balaban J connectivity index is 2.88. The molecule has 0 aliphatic rings. The van der Waals surface area contributed by atoms with Crippen LogP contribution in [-0.4, -0.2) is 10.9 Å². The van der Waals surface area contributed by atoms with E-state index in [0.717, 1.165) is 17.4 Å². The number of carbonyl (C=O) groups excluding carboxylic acids is 1. The highest BCUT2D eigenvalue weighted by molar-refractivity contribution is 8.14. The van der Waals surface area contributed by atoms with Gasteiger partial charge in [-0.15, -0.1) is 0 Å². The van der Waals surface area contributed by atoms with E-state index < -0.39 is 0 Å². The molecule has 0 radical (unpaired) electrons. The van der Waals surface area contributed by atoms with Crippen LogP contribution in [0.3, 0.4) is 0 Å². The van der Waals surface area contributed by atoms with Crippen LogP contribution in [0.15, 0.2) is 41.6 Å². The number of thioether (sulfide) groups is 1. The third-order valence-electron chi connectivity index (χ3n) is 2.07. The van der Waals surface area contributed by atoms with Crippen LogP contribution in [0.25, 0.3) is 0 Å². The van der Waals surface area contributed by atoms with Gasteiger partial charge in [-0.1, -0.05) is 36.9 Å². The standard InChI is InChI=1S/C13H14N2OS/c1-3-17-13(16)12(9-14)10(2)15-11-7-5-4-6-8-11/h4-8,15H,3H2,1-2H3/b12-10-. The molecule has 0 aliphatic carbocycles. The van der Waals surface area contributed by atoms with Crippen molar-refractivity contribution in [1.82, 2.24) is 0 Å². The van der Waals surface area contributed by atoms with Crippen LogP contribution in [0, 0.1) is 11.3 Å². The fraction of sp³-hybridized carbons (Fsp3) is 0.231. The first-order valence-electron chi connectivity index (χ1n) is 5.29. The SMILES string of the molecule is CCSC(=O)/C(C#N)=C(/C)Nc1ccccc1. The molecule has 0 bridgehead atoms. The van der Waals surface area contributed by atoms with Crippen molar-refractivity contribution in [2.45, 2.75) is 13.8 Å². The Morgan fingerprint density at radius 3 is 2.59 bits per heavy atom. The van der Waals surface area contributed by atoms with Crippen molar-refractivity contribution < 1.29 is 4.79 Å². The highest BCUT2D eigenvalue weighted by Crippen LogP contribution is 2.16. The lowest BCUT2D eigenvalue weighted by atomic mass is 10.2. The second kappa shape index (κ2) is 6.77. The van der Waals surface area contributed by atoms with Gasteiger partial charge in [0.2, 0.25) is 5.12 Å². The van der Waals surface area contributed by atoms with E-state index in [0.29, 0.717) is 11.4 Å². The van der Waals surface area contributed by atoms with Gasteiger partial charge in [0.25, 0.3) is 0 Å². The summed E-state index contributed by atoms with van der Waals surface area (Å²) in [7, 11) is 0. The van der Waals surface area contributed by atoms with Gasteiger partial charge in [-0.25, -0.2) is 0 Å². The first kappa shape index (κ1) is 13.3. The van der Waals surface area contributed by atoms with Crippen molar-refractivity contribution >= 4 is 22.6 Å². The van der Waals surface area contributed by atoms with Gasteiger partial charge >= 0.3 is 0 Å². The number of rotatable bonds is 4. The van der Waals surface area contributed by atoms with E-state index in [1.54, 1.807) is 6.92 Å². The number of benzene rings is 1. The molecule has 1 aromatic rings. The molecule has 0 saturated heterocycles. The second-order valence-corrected chi connectivity index (χ2v) is 4.56. The summed E-state index contributed by atoms with van der Waals surface area (Å²) < 4.78 is 0. The van der Waals surface area contributed by atoms with E-state index in [4.69, 9.17) is 5.26 Å². The van der Waals surface area contributed by atoms with Crippen molar-refractivity contribution in [3.63, 3.8) is 0 Å². The molecule has 0 aliphatic heterocycles. The lowest BCUT2D eigenvalue weighted by molar-refractivity contribution is -0.107. The van der Waals surface area contributed by atoms with E-state index in [9.17, 15) is 4.79 Å². The van der Waals surface area contributed by atoms with Crippen LogP contribution >= 0.6 is 11.8 Å². The number of anilines is 1. The van der Waals surface area contributed by atoms with Crippen LogP contribution in [0.4, 0.5) is 5.69 Å². The Bertz CT molecular complexity index is 460. The van der Waals surface area contributed by atoms with E-state index in [1.165, 1.54) is 0 Å². The first-order chi connectivity index (χ1) is 8.19. The summed E-state index contributed by atoms with van der Waals surface area (Å²) in [6, 6.07) is 11.4. The van der Waals surface area contributed by atoms with E-state index >= 15 is 0 Å². The molecule has 4 heteroatoms. The number of para-hydroxylation sites is 1. The molecule has 17 heavy (non-hydrogen) atoms. The van der Waals surface area contributed by atoms with Crippen molar-refractivity contribution in [2.75, 3.05) is 11.1 Å². The Hall–Kier alpha value is -1.73. The minimum Gasteiger partial charge on any atom is -0.358 e. The number of allylic oxidation sites excluding steroid dienone is 1. The summed E-state index contributed by atoms with van der Waals surface area (Å²) in [4.78, 5) is 11.6. The zero-order valence-electron chi connectivity index (χ0n) is 9.86. The summed E-state index contributed by atoms with van der Waals surface area (Å²) in [5.74, 6) is 0.669. The van der Waals surface area contributed by atoms with Gasteiger partial charge in [0.15, 0.2) is 0 Å². The monoisotopic (exact) mass is 246 g/mol. The smallest absolute Gasteiger partial charge is 0.231 e. The minimum absolute atomic E-state index is 0.181. The minimum atomic E-state index is -0.184. The van der Waals surface area contributed by atoms with Gasteiger partial charge < -0.3 is 5.32 Å². The zero-order valence-corrected chi connectivity index (χ0v) is 10.7. The van der Waals surface area contributed by atoms with Crippen LogP contribution in [-0.2, 0) is 4.79 Å². The molecular formula is C13H14N2OS. The summed E-state index contributed by atoms with van der Waals surface area (Å²) in [6.07, 6.45) is 0. The molecular weight excluding hydrogens is 232 g/mol. The van der Waals surface area contributed by atoms with Crippen molar-refractivity contribution in [1.29, 1.82) is 5.26 Å². The van der Waals surface area contributed by atoms with Gasteiger partial charge in [-0.05, 0) is 24.8 Å². The van der Waals surface area contributed by atoms with Crippen LogP contribution < -0.4 is 5.32 Å². The van der Waals surface area contributed by atoms with Crippen molar-refractivity contribution in [2.24, 2.45) is 0 Å².